The maximum atomic E-state index is 10.6. The zero-order valence-corrected chi connectivity index (χ0v) is 9.87. The molecule has 0 saturated carbocycles. The van der Waals surface area contributed by atoms with Crippen molar-refractivity contribution in [1.29, 1.82) is 0 Å². The minimum Gasteiger partial charge on any atom is -0.476 e. The molecule has 2 N–H and O–H groups in total. The summed E-state index contributed by atoms with van der Waals surface area (Å²) in [5, 5.41) is 11.8. The number of anilines is 1. The molecule has 0 radical (unpaired) electrons. The van der Waals surface area contributed by atoms with E-state index < -0.39 is 5.97 Å². The Kier molecular flexibility index (Phi) is 3.52. The Bertz CT molecular complexity index is 535. The highest BCUT2D eigenvalue weighted by molar-refractivity contribution is 5.84. The van der Waals surface area contributed by atoms with Crippen molar-refractivity contribution in [3.05, 3.63) is 36.2 Å². The average molecular weight is 247 g/mol. The van der Waals surface area contributed by atoms with Crippen LogP contribution in [-0.4, -0.2) is 37.1 Å². The molecule has 2 rings (SSSR count). The topological polar surface area (TPSA) is 92.9 Å². The lowest BCUT2D eigenvalue weighted by Gasteiger charge is -2.04. The van der Waals surface area contributed by atoms with Crippen LogP contribution in [0.1, 0.15) is 16.1 Å². The molecule has 2 heterocycles. The number of aromatic carboxylic acids is 1. The van der Waals surface area contributed by atoms with Gasteiger partial charge in [-0.2, -0.15) is 0 Å². The Morgan fingerprint density at radius 3 is 2.72 bits per heavy atom. The molecule has 2 aromatic heterocycles. The first-order chi connectivity index (χ1) is 8.65. The van der Waals surface area contributed by atoms with Gasteiger partial charge in [-0.15, -0.1) is 0 Å². The molecule has 7 heteroatoms. The number of carboxylic acid groups (broad SMARTS) is 1. The summed E-state index contributed by atoms with van der Waals surface area (Å²) in [6, 6.07) is 0. The molecule has 94 valence electrons. The van der Waals surface area contributed by atoms with E-state index >= 15 is 0 Å². The SMILES string of the molecule is Cc1cnc(NCCn2cnc(C(=O)O)c2)nc1. The van der Waals surface area contributed by atoms with E-state index in [1.54, 1.807) is 17.0 Å². The monoisotopic (exact) mass is 247 g/mol. The van der Waals surface area contributed by atoms with Gasteiger partial charge < -0.3 is 15.0 Å². The highest BCUT2D eigenvalue weighted by Crippen LogP contribution is 1.99. The second kappa shape index (κ2) is 5.26. The van der Waals surface area contributed by atoms with E-state index in [1.807, 2.05) is 6.92 Å². The Hall–Kier alpha value is -2.44. The van der Waals surface area contributed by atoms with Gasteiger partial charge in [-0.25, -0.2) is 19.7 Å². The third kappa shape index (κ3) is 3.03. The summed E-state index contributed by atoms with van der Waals surface area (Å²) in [5.41, 5.74) is 1.04. The first kappa shape index (κ1) is 12.0. The molecule has 0 aromatic carbocycles. The van der Waals surface area contributed by atoms with E-state index in [9.17, 15) is 4.79 Å². The van der Waals surface area contributed by atoms with E-state index in [1.165, 1.54) is 12.5 Å². The van der Waals surface area contributed by atoms with Crippen LogP contribution in [0.2, 0.25) is 0 Å². The molecule has 7 nitrogen and oxygen atoms in total. The second-order valence-electron chi connectivity index (χ2n) is 3.81. The third-order valence-electron chi connectivity index (χ3n) is 2.29. The number of carbonyl (C=O) groups is 1. The summed E-state index contributed by atoms with van der Waals surface area (Å²) in [6.07, 6.45) is 6.44. The molecule has 0 aliphatic heterocycles. The van der Waals surface area contributed by atoms with Gasteiger partial charge in [-0.3, -0.25) is 0 Å². The molecule has 0 amide bonds. The van der Waals surface area contributed by atoms with Gasteiger partial charge in [-0.05, 0) is 12.5 Å². The van der Waals surface area contributed by atoms with Gasteiger partial charge in [0.25, 0.3) is 0 Å². The lowest BCUT2D eigenvalue weighted by molar-refractivity contribution is 0.0691. The fourth-order valence-electron chi connectivity index (χ4n) is 1.37. The van der Waals surface area contributed by atoms with E-state index in [-0.39, 0.29) is 5.69 Å². The van der Waals surface area contributed by atoms with Crippen LogP contribution in [0.3, 0.4) is 0 Å². The van der Waals surface area contributed by atoms with Crippen molar-refractivity contribution in [3.8, 4) is 0 Å². The zero-order valence-electron chi connectivity index (χ0n) is 9.87. The number of aromatic nitrogens is 4. The summed E-state index contributed by atoms with van der Waals surface area (Å²) in [6.45, 7) is 3.11. The molecule has 0 saturated heterocycles. The Balaban J connectivity index is 1.84. The molecule has 0 aliphatic carbocycles. The number of nitrogens with one attached hydrogen (secondary N) is 1. The number of nitrogens with zero attached hydrogens (tertiary/aromatic N) is 4. The molecular weight excluding hydrogens is 234 g/mol. The predicted octanol–water partition coefficient (Wildman–Crippen LogP) is 0.792. The molecule has 0 aliphatic rings. The van der Waals surface area contributed by atoms with Crippen molar-refractivity contribution < 1.29 is 9.90 Å². The van der Waals surface area contributed by atoms with Gasteiger partial charge >= 0.3 is 5.97 Å². The van der Waals surface area contributed by atoms with Gasteiger partial charge in [-0.1, -0.05) is 0 Å². The molecule has 0 atom stereocenters. The fourth-order valence-corrected chi connectivity index (χ4v) is 1.37. The maximum Gasteiger partial charge on any atom is 0.356 e. The third-order valence-corrected chi connectivity index (χ3v) is 2.29. The second-order valence-corrected chi connectivity index (χ2v) is 3.81. The Morgan fingerprint density at radius 2 is 2.11 bits per heavy atom. The Morgan fingerprint density at radius 1 is 1.39 bits per heavy atom. The quantitative estimate of drug-likeness (QED) is 0.811. The first-order valence-electron chi connectivity index (χ1n) is 5.43. The zero-order chi connectivity index (χ0) is 13.0. The number of hydrogen-bond acceptors (Lipinski definition) is 5. The van der Waals surface area contributed by atoms with E-state index in [4.69, 9.17) is 5.11 Å². The van der Waals surface area contributed by atoms with Crippen LogP contribution in [0.4, 0.5) is 5.95 Å². The summed E-state index contributed by atoms with van der Waals surface area (Å²) in [4.78, 5) is 22.6. The van der Waals surface area contributed by atoms with Crippen LogP contribution in [0.5, 0.6) is 0 Å². The Labute approximate surface area is 104 Å². The number of hydrogen-bond donors (Lipinski definition) is 2. The van der Waals surface area contributed by atoms with Crippen molar-refractivity contribution >= 4 is 11.9 Å². The highest BCUT2D eigenvalue weighted by atomic mass is 16.4. The lowest BCUT2D eigenvalue weighted by atomic mass is 10.4. The van der Waals surface area contributed by atoms with Crippen molar-refractivity contribution in [2.24, 2.45) is 0 Å². The molecule has 18 heavy (non-hydrogen) atoms. The molecule has 2 aromatic rings. The van der Waals surface area contributed by atoms with E-state index in [0.29, 0.717) is 19.0 Å². The van der Waals surface area contributed by atoms with Crippen molar-refractivity contribution in [2.45, 2.75) is 13.5 Å². The van der Waals surface area contributed by atoms with Crippen LogP contribution in [-0.2, 0) is 6.54 Å². The van der Waals surface area contributed by atoms with Crippen molar-refractivity contribution in [2.75, 3.05) is 11.9 Å². The normalized spacial score (nSPS) is 10.3. The minimum atomic E-state index is -1.02. The van der Waals surface area contributed by atoms with E-state index in [0.717, 1.165) is 5.56 Å². The molecular formula is C11H13N5O2. The first-order valence-corrected chi connectivity index (χ1v) is 5.43. The van der Waals surface area contributed by atoms with Crippen LogP contribution >= 0.6 is 0 Å². The van der Waals surface area contributed by atoms with Crippen LogP contribution in [0.25, 0.3) is 0 Å². The van der Waals surface area contributed by atoms with Gasteiger partial charge in [0.15, 0.2) is 5.69 Å². The minimum absolute atomic E-state index is 0.0431. The van der Waals surface area contributed by atoms with Crippen molar-refractivity contribution in [1.82, 2.24) is 19.5 Å². The summed E-state index contributed by atoms with van der Waals surface area (Å²) in [5.74, 6) is -0.470. The predicted molar refractivity (Wildman–Crippen MR) is 64.4 cm³/mol. The standard InChI is InChI=1S/C11H13N5O2/c1-8-4-13-11(14-5-8)12-2-3-16-6-9(10(17)18)15-7-16/h4-7H,2-3H2,1H3,(H,17,18)(H,12,13,14). The lowest BCUT2D eigenvalue weighted by Crippen LogP contribution is -2.11. The highest BCUT2D eigenvalue weighted by Gasteiger charge is 2.05. The summed E-state index contributed by atoms with van der Waals surface area (Å²) in [7, 11) is 0. The molecule has 0 spiro atoms. The number of imidazole rings is 1. The van der Waals surface area contributed by atoms with Crippen LogP contribution in [0, 0.1) is 6.92 Å². The number of carboxylic acids is 1. The molecule has 0 bridgehead atoms. The van der Waals surface area contributed by atoms with Gasteiger partial charge in [0.2, 0.25) is 5.95 Å². The van der Waals surface area contributed by atoms with Gasteiger partial charge in [0, 0.05) is 31.7 Å². The molecule has 0 fully saturated rings. The number of aryl methyl sites for hydroxylation is 1. The van der Waals surface area contributed by atoms with Crippen LogP contribution in [0.15, 0.2) is 24.9 Å². The van der Waals surface area contributed by atoms with E-state index in [2.05, 4.69) is 20.3 Å². The summed E-state index contributed by atoms with van der Waals surface area (Å²) >= 11 is 0. The van der Waals surface area contributed by atoms with Gasteiger partial charge in [0.1, 0.15) is 0 Å². The fraction of sp³-hybridized carbons (Fsp3) is 0.273. The van der Waals surface area contributed by atoms with Crippen LogP contribution < -0.4 is 5.32 Å². The summed E-state index contributed by atoms with van der Waals surface area (Å²) < 4.78 is 1.70. The number of rotatable bonds is 5. The van der Waals surface area contributed by atoms with Crippen molar-refractivity contribution in [3.63, 3.8) is 0 Å². The average Bonchev–Trinajstić information content (AvgIpc) is 2.81. The van der Waals surface area contributed by atoms with Gasteiger partial charge in [0.05, 0.1) is 6.33 Å². The largest absolute Gasteiger partial charge is 0.476 e. The smallest absolute Gasteiger partial charge is 0.356 e. The molecule has 0 unspecified atom stereocenters. The maximum absolute atomic E-state index is 10.6.